The second kappa shape index (κ2) is 5.89. The Morgan fingerprint density at radius 3 is 2.50 bits per heavy atom. The largest absolute Gasteiger partial charge is 0.469 e. The van der Waals surface area contributed by atoms with Crippen molar-refractivity contribution in [1.29, 1.82) is 0 Å². The number of hydrogen-bond acceptors (Lipinski definition) is 4. The molecule has 18 heavy (non-hydrogen) atoms. The van der Waals surface area contributed by atoms with Gasteiger partial charge < -0.3 is 14.4 Å². The molecule has 102 valence electrons. The fourth-order valence-electron chi connectivity index (χ4n) is 1.62. The van der Waals surface area contributed by atoms with Crippen LogP contribution in [0.5, 0.6) is 0 Å². The zero-order chi connectivity index (χ0) is 13.8. The van der Waals surface area contributed by atoms with E-state index in [9.17, 15) is 9.59 Å². The van der Waals surface area contributed by atoms with Crippen molar-refractivity contribution in [3.8, 4) is 0 Å². The van der Waals surface area contributed by atoms with E-state index in [2.05, 4.69) is 4.74 Å². The van der Waals surface area contributed by atoms with Crippen molar-refractivity contribution >= 4 is 12.1 Å². The average molecular weight is 255 g/mol. The van der Waals surface area contributed by atoms with E-state index < -0.39 is 5.60 Å². The zero-order valence-corrected chi connectivity index (χ0v) is 11.5. The number of carbonyl (C=O) groups is 2. The monoisotopic (exact) mass is 255 g/mol. The van der Waals surface area contributed by atoms with Gasteiger partial charge in [-0.2, -0.15) is 0 Å². The van der Waals surface area contributed by atoms with Gasteiger partial charge in [0.2, 0.25) is 0 Å². The van der Waals surface area contributed by atoms with Crippen LogP contribution >= 0.6 is 0 Å². The first-order chi connectivity index (χ1) is 8.31. The SMILES string of the molecule is COC(=O)CC1=CCN(C(=O)OC(C)(C)C)CC1. The zero-order valence-electron chi connectivity index (χ0n) is 11.5. The summed E-state index contributed by atoms with van der Waals surface area (Å²) in [4.78, 5) is 24.5. The first-order valence-corrected chi connectivity index (χ1v) is 6.04. The molecule has 1 heterocycles. The molecule has 0 bridgehead atoms. The molecule has 1 amide bonds. The van der Waals surface area contributed by atoms with Crippen LogP contribution in [0.1, 0.15) is 33.6 Å². The van der Waals surface area contributed by atoms with Gasteiger partial charge in [0.05, 0.1) is 13.5 Å². The third-order valence-electron chi connectivity index (χ3n) is 2.55. The highest BCUT2D eigenvalue weighted by molar-refractivity contribution is 5.73. The van der Waals surface area contributed by atoms with Crippen molar-refractivity contribution in [2.45, 2.75) is 39.2 Å². The van der Waals surface area contributed by atoms with E-state index in [0.717, 1.165) is 5.57 Å². The fraction of sp³-hybridized carbons (Fsp3) is 0.692. The third kappa shape index (κ3) is 4.77. The maximum atomic E-state index is 11.8. The molecule has 1 aliphatic rings. The number of ether oxygens (including phenoxy) is 2. The maximum Gasteiger partial charge on any atom is 0.410 e. The summed E-state index contributed by atoms with van der Waals surface area (Å²) in [6.45, 7) is 6.59. The van der Waals surface area contributed by atoms with Gasteiger partial charge in [-0.3, -0.25) is 4.79 Å². The molecule has 0 N–H and O–H groups in total. The molecular weight excluding hydrogens is 234 g/mol. The van der Waals surface area contributed by atoms with E-state index in [-0.39, 0.29) is 12.1 Å². The lowest BCUT2D eigenvalue weighted by Crippen LogP contribution is -2.39. The Labute approximate surface area is 108 Å². The quantitative estimate of drug-likeness (QED) is 0.560. The summed E-state index contributed by atoms with van der Waals surface area (Å²) in [7, 11) is 1.37. The van der Waals surface area contributed by atoms with E-state index >= 15 is 0 Å². The van der Waals surface area contributed by atoms with Gasteiger partial charge in [-0.1, -0.05) is 11.6 Å². The third-order valence-corrected chi connectivity index (χ3v) is 2.55. The minimum absolute atomic E-state index is 0.244. The molecule has 0 fully saturated rings. The Kier molecular flexibility index (Phi) is 4.76. The van der Waals surface area contributed by atoms with Gasteiger partial charge >= 0.3 is 12.1 Å². The van der Waals surface area contributed by atoms with Gasteiger partial charge in [0, 0.05) is 13.1 Å². The molecule has 0 aromatic rings. The second-order valence-corrected chi connectivity index (χ2v) is 5.29. The highest BCUT2D eigenvalue weighted by Gasteiger charge is 2.23. The van der Waals surface area contributed by atoms with Crippen LogP contribution in [0.25, 0.3) is 0 Å². The number of amides is 1. The van der Waals surface area contributed by atoms with E-state index in [0.29, 0.717) is 25.9 Å². The molecule has 0 aliphatic carbocycles. The van der Waals surface area contributed by atoms with Crippen molar-refractivity contribution in [2.24, 2.45) is 0 Å². The fourth-order valence-corrected chi connectivity index (χ4v) is 1.62. The Morgan fingerprint density at radius 2 is 2.06 bits per heavy atom. The Morgan fingerprint density at radius 1 is 1.39 bits per heavy atom. The van der Waals surface area contributed by atoms with E-state index in [4.69, 9.17) is 4.74 Å². The number of nitrogens with zero attached hydrogens (tertiary/aromatic N) is 1. The lowest BCUT2D eigenvalue weighted by molar-refractivity contribution is -0.139. The first-order valence-electron chi connectivity index (χ1n) is 6.04. The molecular formula is C13H21NO4. The number of carbonyl (C=O) groups excluding carboxylic acids is 2. The van der Waals surface area contributed by atoms with Crippen LogP contribution in [0.3, 0.4) is 0 Å². The van der Waals surface area contributed by atoms with Gasteiger partial charge in [0.15, 0.2) is 0 Å². The summed E-state index contributed by atoms with van der Waals surface area (Å²) in [5.74, 6) is -0.244. The van der Waals surface area contributed by atoms with Gasteiger partial charge in [-0.15, -0.1) is 0 Å². The van der Waals surface area contributed by atoms with Gasteiger partial charge in [-0.05, 0) is 27.2 Å². The van der Waals surface area contributed by atoms with Crippen molar-refractivity contribution in [2.75, 3.05) is 20.2 Å². The molecule has 0 saturated carbocycles. The summed E-state index contributed by atoms with van der Waals surface area (Å²) in [6.07, 6.45) is 2.58. The van der Waals surface area contributed by atoms with Crippen LogP contribution in [0, 0.1) is 0 Å². The molecule has 1 aliphatic heterocycles. The van der Waals surface area contributed by atoms with Crippen molar-refractivity contribution < 1.29 is 19.1 Å². The van der Waals surface area contributed by atoms with Crippen LogP contribution in [0.15, 0.2) is 11.6 Å². The molecule has 5 nitrogen and oxygen atoms in total. The van der Waals surface area contributed by atoms with Crippen molar-refractivity contribution in [1.82, 2.24) is 4.90 Å². The number of hydrogen-bond donors (Lipinski definition) is 0. The summed E-state index contributed by atoms with van der Waals surface area (Å²) in [5.41, 5.74) is 0.536. The lowest BCUT2D eigenvalue weighted by atomic mass is 10.1. The van der Waals surface area contributed by atoms with Crippen molar-refractivity contribution in [3.63, 3.8) is 0 Å². The number of rotatable bonds is 2. The molecule has 0 aromatic carbocycles. The molecule has 0 aromatic heterocycles. The lowest BCUT2D eigenvalue weighted by Gasteiger charge is -2.29. The van der Waals surface area contributed by atoms with Crippen LogP contribution in [0.4, 0.5) is 4.79 Å². The van der Waals surface area contributed by atoms with Crippen LogP contribution in [-0.2, 0) is 14.3 Å². The molecule has 0 unspecified atom stereocenters. The molecule has 0 saturated heterocycles. The molecule has 0 atom stereocenters. The van der Waals surface area contributed by atoms with E-state index in [1.807, 2.05) is 26.8 Å². The maximum absolute atomic E-state index is 11.8. The van der Waals surface area contributed by atoms with Gasteiger partial charge in [-0.25, -0.2) is 4.79 Å². The highest BCUT2D eigenvalue weighted by Crippen LogP contribution is 2.17. The van der Waals surface area contributed by atoms with E-state index in [1.54, 1.807) is 4.90 Å². The number of methoxy groups -OCH3 is 1. The summed E-state index contributed by atoms with van der Waals surface area (Å²) >= 11 is 0. The smallest absolute Gasteiger partial charge is 0.410 e. The minimum Gasteiger partial charge on any atom is -0.469 e. The molecule has 1 rings (SSSR count). The van der Waals surface area contributed by atoms with Gasteiger partial charge in [0.25, 0.3) is 0 Å². The normalized spacial score (nSPS) is 16.0. The van der Waals surface area contributed by atoms with Crippen molar-refractivity contribution in [3.05, 3.63) is 11.6 Å². The molecule has 0 radical (unpaired) electrons. The van der Waals surface area contributed by atoms with Crippen LogP contribution < -0.4 is 0 Å². The standard InChI is InChI=1S/C13H21NO4/c1-13(2,3)18-12(16)14-7-5-10(6-8-14)9-11(15)17-4/h5H,6-9H2,1-4H3. The Bertz CT molecular complexity index is 354. The summed E-state index contributed by atoms with van der Waals surface area (Å²) in [5, 5.41) is 0. The van der Waals surface area contributed by atoms with E-state index in [1.165, 1.54) is 7.11 Å². The van der Waals surface area contributed by atoms with Gasteiger partial charge in [0.1, 0.15) is 5.60 Å². The van der Waals surface area contributed by atoms with Crippen LogP contribution in [-0.4, -0.2) is 42.8 Å². The summed E-state index contributed by atoms with van der Waals surface area (Å²) in [6, 6.07) is 0. The topological polar surface area (TPSA) is 55.8 Å². The Hall–Kier alpha value is -1.52. The van der Waals surface area contributed by atoms with Crippen LogP contribution in [0.2, 0.25) is 0 Å². The predicted molar refractivity (Wildman–Crippen MR) is 67.1 cm³/mol. The predicted octanol–water partition coefficient (Wildman–Crippen LogP) is 2.12. The minimum atomic E-state index is -0.479. The highest BCUT2D eigenvalue weighted by atomic mass is 16.6. The molecule has 0 spiro atoms. The Balaban J connectivity index is 2.47. The summed E-state index contributed by atoms with van der Waals surface area (Å²) < 4.78 is 9.89. The first kappa shape index (κ1) is 14.5. The number of esters is 1. The molecule has 5 heteroatoms. The average Bonchev–Trinajstić information content (AvgIpc) is 2.27. The second-order valence-electron chi connectivity index (χ2n) is 5.29.